The fourth-order valence-electron chi connectivity index (χ4n) is 3.09. The van der Waals surface area contributed by atoms with Crippen LogP contribution >= 0.6 is 12.4 Å². The van der Waals surface area contributed by atoms with Crippen molar-refractivity contribution in [3.8, 4) is 5.75 Å². The van der Waals surface area contributed by atoms with Crippen molar-refractivity contribution in [3.05, 3.63) is 29.8 Å². The predicted octanol–water partition coefficient (Wildman–Crippen LogP) is 2.00. The number of hydrogen-bond acceptors (Lipinski definition) is 2. The second-order valence-corrected chi connectivity index (χ2v) is 5.51. The first kappa shape index (κ1) is 21.5. The number of rotatable bonds is 3. The molecule has 0 heterocycles. The van der Waals surface area contributed by atoms with Crippen molar-refractivity contribution in [3.63, 3.8) is 0 Å². The van der Waals surface area contributed by atoms with Gasteiger partial charge in [0, 0.05) is 6.54 Å². The van der Waals surface area contributed by atoms with E-state index in [1.807, 2.05) is 12.1 Å². The van der Waals surface area contributed by atoms with E-state index >= 15 is 0 Å². The van der Waals surface area contributed by atoms with Crippen LogP contribution in [-0.4, -0.2) is 41.6 Å². The van der Waals surface area contributed by atoms with Crippen molar-refractivity contribution >= 4 is 12.4 Å². The molecule has 118 valence electrons. The molecule has 1 aliphatic carbocycles. The largest absolute Gasteiger partial charge is 0.508 e. The topological polar surface area (TPSA) is 86.5 Å². The van der Waals surface area contributed by atoms with E-state index < -0.39 is 0 Å². The van der Waals surface area contributed by atoms with E-state index in [9.17, 15) is 5.11 Å². The third kappa shape index (κ3) is 5.67. The summed E-state index contributed by atoms with van der Waals surface area (Å²) in [6, 6.07) is 7.83. The van der Waals surface area contributed by atoms with Crippen molar-refractivity contribution in [1.82, 2.24) is 4.90 Å². The van der Waals surface area contributed by atoms with Gasteiger partial charge in [-0.25, -0.2) is 0 Å². The maximum absolute atomic E-state index is 9.60. The Balaban J connectivity index is 0. The minimum atomic E-state index is 0. The molecule has 1 saturated carbocycles. The van der Waals surface area contributed by atoms with Gasteiger partial charge in [0.25, 0.3) is 0 Å². The molecule has 2 atom stereocenters. The summed E-state index contributed by atoms with van der Waals surface area (Å²) in [6.07, 6.45) is 5.26. The summed E-state index contributed by atoms with van der Waals surface area (Å²) in [5.41, 5.74) is 1.32. The quantitative estimate of drug-likeness (QED) is 0.926. The molecular formula is C15H28ClNO3. The first-order valence-electron chi connectivity index (χ1n) is 6.60. The molecule has 0 radical (unpaired) electrons. The summed E-state index contributed by atoms with van der Waals surface area (Å²) in [5, 5.41) is 9.60. The lowest BCUT2D eigenvalue weighted by atomic mass is 9.75. The van der Waals surface area contributed by atoms with Crippen molar-refractivity contribution in [2.75, 3.05) is 20.6 Å². The van der Waals surface area contributed by atoms with Crippen LogP contribution in [0, 0.1) is 5.92 Å². The van der Waals surface area contributed by atoms with Gasteiger partial charge >= 0.3 is 0 Å². The Morgan fingerprint density at radius 1 is 1.15 bits per heavy atom. The van der Waals surface area contributed by atoms with Gasteiger partial charge in [-0.2, -0.15) is 0 Å². The number of aromatic hydroxyl groups is 1. The van der Waals surface area contributed by atoms with Gasteiger partial charge in [0.1, 0.15) is 5.75 Å². The third-order valence-electron chi connectivity index (χ3n) is 3.81. The van der Waals surface area contributed by atoms with E-state index in [0.717, 1.165) is 12.5 Å². The van der Waals surface area contributed by atoms with Gasteiger partial charge in [0.2, 0.25) is 0 Å². The maximum atomic E-state index is 9.60. The summed E-state index contributed by atoms with van der Waals surface area (Å²) in [4.78, 5) is 2.28. The normalized spacial score (nSPS) is 21.4. The standard InChI is InChI=1S/C15H23NO.ClH.2H2O/c1-16(2)11-13-6-3-4-9-15(13)12-7-5-8-14(17)10-12;;;/h5,7-8,10,13,15,17H,3-4,6,9,11H2,1-2H3;1H;2*1H2. The minimum absolute atomic E-state index is 0. The lowest BCUT2D eigenvalue weighted by Gasteiger charge is -2.33. The number of phenols is 1. The van der Waals surface area contributed by atoms with Gasteiger partial charge in [0.05, 0.1) is 0 Å². The van der Waals surface area contributed by atoms with Crippen molar-refractivity contribution in [1.29, 1.82) is 0 Å². The summed E-state index contributed by atoms with van der Waals surface area (Å²) < 4.78 is 0. The van der Waals surface area contributed by atoms with Crippen LogP contribution < -0.4 is 0 Å². The zero-order chi connectivity index (χ0) is 12.3. The van der Waals surface area contributed by atoms with Gasteiger partial charge < -0.3 is 21.0 Å². The number of halogens is 1. The number of phenolic OH excluding ortho intramolecular Hbond substituents is 1. The maximum Gasteiger partial charge on any atom is 0.115 e. The molecule has 0 aliphatic heterocycles. The summed E-state index contributed by atoms with van der Waals surface area (Å²) >= 11 is 0. The number of benzene rings is 1. The van der Waals surface area contributed by atoms with Gasteiger partial charge in [-0.3, -0.25) is 0 Å². The highest BCUT2D eigenvalue weighted by atomic mass is 35.5. The number of hydrogen-bond donors (Lipinski definition) is 1. The smallest absolute Gasteiger partial charge is 0.115 e. The Morgan fingerprint density at radius 2 is 1.80 bits per heavy atom. The van der Waals surface area contributed by atoms with Crippen molar-refractivity contribution in [2.45, 2.75) is 31.6 Å². The Bertz CT molecular complexity index is 374. The molecule has 2 rings (SSSR count). The second kappa shape index (κ2) is 10.00. The van der Waals surface area contributed by atoms with E-state index in [1.165, 1.54) is 31.2 Å². The van der Waals surface area contributed by atoms with Gasteiger partial charge in [-0.15, -0.1) is 12.4 Å². The molecule has 5 N–H and O–H groups in total. The van der Waals surface area contributed by atoms with Crippen LogP contribution in [0.15, 0.2) is 24.3 Å². The summed E-state index contributed by atoms with van der Waals surface area (Å²) in [7, 11) is 4.29. The SMILES string of the molecule is CN(C)CC1CCCCC1c1cccc(O)c1.Cl.O.O. The first-order chi connectivity index (χ1) is 8.16. The lowest BCUT2D eigenvalue weighted by Crippen LogP contribution is -2.28. The molecule has 1 aromatic rings. The minimum Gasteiger partial charge on any atom is -0.508 e. The molecule has 0 spiro atoms. The van der Waals surface area contributed by atoms with E-state index in [2.05, 4.69) is 25.1 Å². The Labute approximate surface area is 127 Å². The molecule has 20 heavy (non-hydrogen) atoms. The van der Waals surface area contributed by atoms with Crippen molar-refractivity contribution in [2.24, 2.45) is 5.92 Å². The highest BCUT2D eigenvalue weighted by Crippen LogP contribution is 2.38. The molecular weight excluding hydrogens is 278 g/mol. The predicted molar refractivity (Wildman–Crippen MR) is 85.8 cm³/mol. The highest BCUT2D eigenvalue weighted by molar-refractivity contribution is 5.85. The Kier molecular flexibility index (Phi) is 10.7. The van der Waals surface area contributed by atoms with Crippen LogP contribution in [0.1, 0.15) is 37.2 Å². The third-order valence-corrected chi connectivity index (χ3v) is 3.81. The van der Waals surface area contributed by atoms with Crippen LogP contribution in [-0.2, 0) is 0 Å². The van der Waals surface area contributed by atoms with Gasteiger partial charge in [-0.05, 0) is 56.5 Å². The summed E-state index contributed by atoms with van der Waals surface area (Å²) in [6.45, 7) is 1.15. The molecule has 1 aliphatic rings. The second-order valence-electron chi connectivity index (χ2n) is 5.51. The van der Waals surface area contributed by atoms with Crippen LogP contribution in [0.2, 0.25) is 0 Å². The van der Waals surface area contributed by atoms with E-state index in [-0.39, 0.29) is 23.4 Å². The number of nitrogens with zero attached hydrogens (tertiary/aromatic N) is 1. The Morgan fingerprint density at radius 3 is 2.40 bits per heavy atom. The van der Waals surface area contributed by atoms with Crippen LogP contribution in [0.4, 0.5) is 0 Å². The molecule has 5 heteroatoms. The molecule has 0 amide bonds. The molecule has 4 nitrogen and oxygen atoms in total. The highest BCUT2D eigenvalue weighted by Gasteiger charge is 2.26. The molecule has 0 aromatic heterocycles. The average molecular weight is 306 g/mol. The zero-order valence-electron chi connectivity index (χ0n) is 12.3. The lowest BCUT2D eigenvalue weighted by molar-refractivity contribution is 0.233. The van der Waals surface area contributed by atoms with Crippen LogP contribution in [0.3, 0.4) is 0 Å². The first-order valence-corrected chi connectivity index (χ1v) is 6.60. The van der Waals surface area contributed by atoms with Crippen molar-refractivity contribution < 1.29 is 16.1 Å². The molecule has 1 aromatic carbocycles. The van der Waals surface area contributed by atoms with Crippen LogP contribution in [0.5, 0.6) is 5.75 Å². The Hall–Kier alpha value is -0.810. The van der Waals surface area contributed by atoms with Gasteiger partial charge in [-0.1, -0.05) is 25.0 Å². The molecule has 0 bridgehead atoms. The zero-order valence-corrected chi connectivity index (χ0v) is 13.1. The van der Waals surface area contributed by atoms with Gasteiger partial charge in [0.15, 0.2) is 0 Å². The average Bonchev–Trinajstić information content (AvgIpc) is 2.29. The van der Waals surface area contributed by atoms with E-state index in [1.54, 1.807) is 6.07 Å². The fourth-order valence-corrected chi connectivity index (χ4v) is 3.09. The molecule has 2 unspecified atom stereocenters. The van der Waals surface area contributed by atoms with E-state index in [4.69, 9.17) is 0 Å². The fraction of sp³-hybridized carbons (Fsp3) is 0.600. The van der Waals surface area contributed by atoms with Crippen LogP contribution in [0.25, 0.3) is 0 Å². The molecule has 0 saturated heterocycles. The summed E-state index contributed by atoms with van der Waals surface area (Å²) in [5.74, 6) is 1.76. The monoisotopic (exact) mass is 305 g/mol. The molecule has 1 fully saturated rings. The van der Waals surface area contributed by atoms with E-state index in [0.29, 0.717) is 11.7 Å².